The van der Waals surface area contributed by atoms with Gasteiger partial charge in [-0.05, 0) is 50.2 Å². The van der Waals surface area contributed by atoms with Crippen LogP contribution in [0.15, 0.2) is 51.3 Å². The fourth-order valence-electron chi connectivity index (χ4n) is 4.11. The second-order valence-corrected chi connectivity index (χ2v) is 9.82. The number of nitrogens with zero attached hydrogens (tertiary/aromatic N) is 4. The minimum atomic E-state index is -3.42. The van der Waals surface area contributed by atoms with Crippen LogP contribution in [0.25, 0.3) is 33.2 Å². The number of aromatic amines is 1. The second-order valence-electron chi connectivity index (χ2n) is 7.85. The summed E-state index contributed by atoms with van der Waals surface area (Å²) in [5, 5.41) is 3.55. The standard InChI is InChI=1S/C21H20N6O4S/c1-32(30,31)17-5-2-12(10-24-17)15-3-4-16-18(25-15)19-14(11-23-16)20(28)26-21(29)27(19)13-6-8-22-9-7-13/h2-5,10-11,13,22H,6-9H2,1H3,(H,26,28,29). The number of H-pyrrole nitrogens is 1. The van der Waals surface area contributed by atoms with Gasteiger partial charge in [0.1, 0.15) is 5.52 Å². The molecule has 1 saturated heterocycles. The molecule has 4 aromatic rings. The summed E-state index contributed by atoms with van der Waals surface area (Å²) in [5.74, 6) is 0. The van der Waals surface area contributed by atoms with E-state index in [1.165, 1.54) is 18.5 Å². The van der Waals surface area contributed by atoms with Crippen molar-refractivity contribution in [2.24, 2.45) is 0 Å². The summed E-state index contributed by atoms with van der Waals surface area (Å²) in [5.41, 5.74) is 1.62. The van der Waals surface area contributed by atoms with E-state index in [1.807, 2.05) is 0 Å². The number of piperidine rings is 1. The smallest absolute Gasteiger partial charge is 0.317 e. The Morgan fingerprint density at radius 2 is 1.81 bits per heavy atom. The van der Waals surface area contributed by atoms with Gasteiger partial charge in [-0.15, -0.1) is 0 Å². The quantitative estimate of drug-likeness (QED) is 0.439. The maximum absolute atomic E-state index is 12.9. The minimum Gasteiger partial charge on any atom is -0.317 e. The Bertz CT molecular complexity index is 1570. The van der Waals surface area contributed by atoms with E-state index in [0.717, 1.165) is 32.2 Å². The van der Waals surface area contributed by atoms with Gasteiger partial charge in [0, 0.05) is 30.3 Å². The minimum absolute atomic E-state index is 0.0274. The lowest BCUT2D eigenvalue weighted by atomic mass is 10.1. The van der Waals surface area contributed by atoms with Crippen LogP contribution < -0.4 is 16.6 Å². The molecule has 5 rings (SSSR count). The van der Waals surface area contributed by atoms with Crippen LogP contribution in [-0.2, 0) is 9.84 Å². The van der Waals surface area contributed by atoms with E-state index >= 15 is 0 Å². The lowest BCUT2D eigenvalue weighted by Crippen LogP contribution is -2.38. The molecule has 0 atom stereocenters. The fourth-order valence-corrected chi connectivity index (χ4v) is 4.67. The summed E-state index contributed by atoms with van der Waals surface area (Å²) >= 11 is 0. The van der Waals surface area contributed by atoms with Crippen molar-refractivity contribution in [3.8, 4) is 11.3 Å². The summed E-state index contributed by atoms with van der Waals surface area (Å²) in [6, 6.07) is 6.49. The van der Waals surface area contributed by atoms with Gasteiger partial charge >= 0.3 is 5.69 Å². The van der Waals surface area contributed by atoms with Crippen LogP contribution in [0.1, 0.15) is 18.9 Å². The van der Waals surface area contributed by atoms with E-state index in [-0.39, 0.29) is 11.1 Å². The first kappa shape index (κ1) is 20.5. The first-order chi connectivity index (χ1) is 15.3. The molecule has 2 N–H and O–H groups in total. The normalized spacial score (nSPS) is 15.4. The van der Waals surface area contributed by atoms with Crippen LogP contribution in [0.3, 0.4) is 0 Å². The van der Waals surface area contributed by atoms with Gasteiger partial charge in [-0.25, -0.2) is 23.2 Å². The molecule has 11 heteroatoms. The van der Waals surface area contributed by atoms with Crippen molar-refractivity contribution in [2.75, 3.05) is 19.3 Å². The van der Waals surface area contributed by atoms with Crippen LogP contribution in [0, 0.1) is 0 Å². The molecule has 0 amide bonds. The van der Waals surface area contributed by atoms with E-state index in [9.17, 15) is 18.0 Å². The van der Waals surface area contributed by atoms with Gasteiger partial charge in [-0.3, -0.25) is 19.3 Å². The number of fused-ring (bicyclic) bond motifs is 3. The zero-order valence-electron chi connectivity index (χ0n) is 17.2. The van der Waals surface area contributed by atoms with E-state index in [0.29, 0.717) is 33.2 Å². The Hall–Kier alpha value is -3.44. The number of hydrogen-bond donors (Lipinski definition) is 2. The Balaban J connectivity index is 1.77. The molecule has 1 aliphatic heterocycles. The Morgan fingerprint density at radius 1 is 1.03 bits per heavy atom. The highest BCUT2D eigenvalue weighted by molar-refractivity contribution is 7.90. The van der Waals surface area contributed by atoms with Crippen molar-refractivity contribution < 1.29 is 8.42 Å². The van der Waals surface area contributed by atoms with Crippen molar-refractivity contribution in [3.05, 3.63) is 57.5 Å². The lowest BCUT2D eigenvalue weighted by molar-refractivity contribution is 0.365. The Morgan fingerprint density at radius 3 is 2.50 bits per heavy atom. The van der Waals surface area contributed by atoms with Crippen molar-refractivity contribution >= 4 is 31.8 Å². The molecular weight excluding hydrogens is 432 g/mol. The maximum atomic E-state index is 12.9. The number of aromatic nitrogens is 5. The molecule has 0 aliphatic carbocycles. The van der Waals surface area contributed by atoms with E-state index in [4.69, 9.17) is 4.98 Å². The van der Waals surface area contributed by atoms with Crippen LogP contribution in [0.4, 0.5) is 0 Å². The predicted molar refractivity (Wildman–Crippen MR) is 119 cm³/mol. The highest BCUT2D eigenvalue weighted by Gasteiger charge is 2.22. The molecule has 0 aromatic carbocycles. The van der Waals surface area contributed by atoms with Crippen LogP contribution in [0.2, 0.25) is 0 Å². The molecule has 0 bridgehead atoms. The molecule has 0 radical (unpaired) electrons. The van der Waals surface area contributed by atoms with Crippen molar-refractivity contribution in [1.82, 2.24) is 29.8 Å². The van der Waals surface area contributed by atoms with Gasteiger partial charge in [-0.2, -0.15) is 0 Å². The first-order valence-electron chi connectivity index (χ1n) is 10.1. The van der Waals surface area contributed by atoms with Crippen LogP contribution in [0.5, 0.6) is 0 Å². The predicted octanol–water partition coefficient (Wildman–Crippen LogP) is 1.02. The Kier molecular flexibility index (Phi) is 4.86. The zero-order chi connectivity index (χ0) is 22.5. The van der Waals surface area contributed by atoms with Gasteiger partial charge in [0.15, 0.2) is 14.9 Å². The van der Waals surface area contributed by atoms with E-state index in [1.54, 1.807) is 22.8 Å². The third-order valence-electron chi connectivity index (χ3n) is 5.70. The van der Waals surface area contributed by atoms with Gasteiger partial charge in [-0.1, -0.05) is 0 Å². The second kappa shape index (κ2) is 7.61. The number of rotatable bonds is 3. The summed E-state index contributed by atoms with van der Waals surface area (Å²) in [6.07, 6.45) is 5.51. The monoisotopic (exact) mass is 452 g/mol. The molecule has 10 nitrogen and oxygen atoms in total. The zero-order valence-corrected chi connectivity index (χ0v) is 18.0. The van der Waals surface area contributed by atoms with Gasteiger partial charge in [0.2, 0.25) is 0 Å². The van der Waals surface area contributed by atoms with Gasteiger partial charge in [0.05, 0.1) is 22.1 Å². The largest absolute Gasteiger partial charge is 0.329 e. The topological polar surface area (TPSA) is 140 Å². The Labute approximate surface area is 182 Å². The highest BCUT2D eigenvalue weighted by Crippen LogP contribution is 2.27. The van der Waals surface area contributed by atoms with E-state index < -0.39 is 21.1 Å². The third-order valence-corrected chi connectivity index (χ3v) is 6.70. The molecular formula is C21H20N6O4S. The first-order valence-corrected chi connectivity index (χ1v) is 12.0. The number of nitrogens with one attached hydrogen (secondary N) is 2. The van der Waals surface area contributed by atoms with Crippen molar-refractivity contribution in [3.63, 3.8) is 0 Å². The average Bonchev–Trinajstić information content (AvgIpc) is 2.79. The van der Waals surface area contributed by atoms with Gasteiger partial charge in [0.25, 0.3) is 5.56 Å². The third kappa shape index (κ3) is 3.49. The molecule has 32 heavy (non-hydrogen) atoms. The molecule has 0 unspecified atom stereocenters. The van der Waals surface area contributed by atoms with E-state index in [2.05, 4.69) is 20.3 Å². The summed E-state index contributed by atoms with van der Waals surface area (Å²) in [4.78, 5) is 40.9. The number of sulfone groups is 1. The number of pyridine rings is 3. The van der Waals surface area contributed by atoms with Crippen molar-refractivity contribution in [1.29, 1.82) is 0 Å². The fraction of sp³-hybridized carbons (Fsp3) is 0.286. The van der Waals surface area contributed by atoms with Gasteiger partial charge < -0.3 is 5.32 Å². The number of hydrogen-bond acceptors (Lipinski definition) is 8. The average molecular weight is 452 g/mol. The summed E-state index contributed by atoms with van der Waals surface area (Å²) in [6.45, 7) is 1.55. The highest BCUT2D eigenvalue weighted by atomic mass is 32.2. The summed E-state index contributed by atoms with van der Waals surface area (Å²) < 4.78 is 25.0. The van der Waals surface area contributed by atoms with Crippen LogP contribution in [-0.4, -0.2) is 52.3 Å². The molecule has 0 saturated carbocycles. The maximum Gasteiger partial charge on any atom is 0.329 e. The molecule has 1 fully saturated rings. The molecule has 1 aliphatic rings. The van der Waals surface area contributed by atoms with Crippen molar-refractivity contribution in [2.45, 2.75) is 23.9 Å². The van der Waals surface area contributed by atoms with Crippen LogP contribution >= 0.6 is 0 Å². The molecule has 5 heterocycles. The molecule has 4 aromatic heterocycles. The SMILES string of the molecule is CS(=O)(=O)c1ccc(-c2ccc3ncc4c(=O)[nH]c(=O)n(C5CCNCC5)c4c3n2)cn1. The lowest BCUT2D eigenvalue weighted by Gasteiger charge is -2.26. The molecule has 164 valence electrons. The summed E-state index contributed by atoms with van der Waals surface area (Å²) in [7, 11) is -3.42. The molecule has 0 spiro atoms.